The molecule has 2 heterocycles. The third-order valence-electron chi connectivity index (χ3n) is 7.10. The summed E-state index contributed by atoms with van der Waals surface area (Å²) >= 11 is 7.15. The van der Waals surface area contributed by atoms with Crippen molar-refractivity contribution in [2.75, 3.05) is 23.9 Å². The molecule has 0 spiro atoms. The molecule has 3 aliphatic carbocycles. The Bertz CT molecular complexity index is 1190. The summed E-state index contributed by atoms with van der Waals surface area (Å²) in [7, 11) is 1.58. The third kappa shape index (κ3) is 5.18. The summed E-state index contributed by atoms with van der Waals surface area (Å²) in [6.45, 7) is 2.58. The molecule has 1 atom stereocenters. The van der Waals surface area contributed by atoms with Gasteiger partial charge in [-0.15, -0.1) is 11.3 Å². The highest BCUT2D eigenvalue weighted by molar-refractivity contribution is 7.80. The van der Waals surface area contributed by atoms with E-state index in [1.54, 1.807) is 13.2 Å². The number of nitrogens with two attached hydrogens (primary N) is 1. The van der Waals surface area contributed by atoms with Gasteiger partial charge in [-0.3, -0.25) is 9.59 Å². The van der Waals surface area contributed by atoms with Crippen molar-refractivity contribution in [1.82, 2.24) is 15.7 Å². The first-order chi connectivity index (χ1) is 17.4. The maximum Gasteiger partial charge on any atom is 0.254 e. The lowest BCUT2D eigenvalue weighted by Crippen LogP contribution is -2.51. The summed E-state index contributed by atoms with van der Waals surface area (Å²) in [4.78, 5) is 33.7. The first-order valence-electron chi connectivity index (χ1n) is 12.4. The highest BCUT2D eigenvalue weighted by Crippen LogP contribution is 2.41. The summed E-state index contributed by atoms with van der Waals surface area (Å²) in [6.07, 6.45) is 6.34. The van der Waals surface area contributed by atoms with Crippen molar-refractivity contribution in [1.29, 1.82) is 0 Å². The molecule has 2 amide bonds. The zero-order valence-corrected chi connectivity index (χ0v) is 22.2. The van der Waals surface area contributed by atoms with Crippen LogP contribution < -0.4 is 31.5 Å². The minimum Gasteiger partial charge on any atom is -0.481 e. The number of thiocarbonyl (C=S) groups is 1. The molecule has 0 bridgehead atoms. The standard InChI is InChI=1S/C25H32N6O3S2/c1-13-18(8-10-20(28-13)34-2)31(25(35)30-26)16-7-9-19-17(11-16)21(23(33)27-12-14-3-4-14)24(36-19)29-22(32)15-5-6-15/h8,10,14-16H,3-7,9,11-12,26H2,1-2H3,(H,27,33)(H,29,32)(H,30,35)/t16-/m0/s1. The number of carbonyl (C=O) groups is 2. The average molecular weight is 529 g/mol. The van der Waals surface area contributed by atoms with E-state index >= 15 is 0 Å². The van der Waals surface area contributed by atoms with E-state index in [0.717, 1.165) is 60.3 Å². The van der Waals surface area contributed by atoms with Crippen LogP contribution in [0, 0.1) is 18.8 Å². The van der Waals surface area contributed by atoms with E-state index in [4.69, 9.17) is 22.8 Å². The maximum atomic E-state index is 13.4. The van der Waals surface area contributed by atoms with E-state index in [1.165, 1.54) is 11.3 Å². The molecule has 0 unspecified atom stereocenters. The summed E-state index contributed by atoms with van der Waals surface area (Å²) in [5.41, 5.74) is 5.83. The molecule has 9 nitrogen and oxygen atoms in total. The van der Waals surface area contributed by atoms with Crippen molar-refractivity contribution in [3.05, 3.63) is 33.8 Å². The fourth-order valence-corrected chi connectivity index (χ4v) is 6.25. The number of aryl methyl sites for hydroxylation is 2. The zero-order chi connectivity index (χ0) is 25.4. The number of pyridine rings is 1. The molecule has 192 valence electrons. The Kier molecular flexibility index (Phi) is 7.14. The van der Waals surface area contributed by atoms with E-state index < -0.39 is 0 Å². The molecule has 0 aromatic carbocycles. The molecule has 11 heteroatoms. The molecule has 2 saturated carbocycles. The number of aromatic nitrogens is 1. The lowest BCUT2D eigenvalue weighted by Gasteiger charge is -2.36. The van der Waals surface area contributed by atoms with Gasteiger partial charge in [0, 0.05) is 29.4 Å². The van der Waals surface area contributed by atoms with Crippen LogP contribution in [0.5, 0.6) is 5.88 Å². The largest absolute Gasteiger partial charge is 0.481 e. The van der Waals surface area contributed by atoms with Crippen LogP contribution in [0.25, 0.3) is 0 Å². The highest BCUT2D eigenvalue weighted by atomic mass is 32.1. The van der Waals surface area contributed by atoms with Gasteiger partial charge in [0.1, 0.15) is 5.00 Å². The molecule has 2 aromatic heterocycles. The second kappa shape index (κ2) is 10.3. The van der Waals surface area contributed by atoms with Crippen molar-refractivity contribution in [3.63, 3.8) is 0 Å². The first-order valence-corrected chi connectivity index (χ1v) is 13.7. The van der Waals surface area contributed by atoms with E-state index in [-0.39, 0.29) is 23.8 Å². The number of amides is 2. The van der Waals surface area contributed by atoms with E-state index in [2.05, 4.69) is 21.0 Å². The quantitative estimate of drug-likeness (QED) is 0.234. The summed E-state index contributed by atoms with van der Waals surface area (Å²) in [6, 6.07) is 3.69. The predicted molar refractivity (Wildman–Crippen MR) is 144 cm³/mol. The molecule has 3 aliphatic rings. The first kappa shape index (κ1) is 24.9. The van der Waals surface area contributed by atoms with Crippen LogP contribution in [0.1, 0.15) is 58.6 Å². The zero-order valence-electron chi connectivity index (χ0n) is 20.6. The Morgan fingerprint density at radius 2 is 2.03 bits per heavy atom. The maximum absolute atomic E-state index is 13.4. The number of fused-ring (bicyclic) bond motifs is 1. The van der Waals surface area contributed by atoms with Crippen molar-refractivity contribution in [2.24, 2.45) is 17.7 Å². The van der Waals surface area contributed by atoms with Gasteiger partial charge in [0.15, 0.2) is 5.11 Å². The predicted octanol–water partition coefficient (Wildman–Crippen LogP) is 3.06. The monoisotopic (exact) mass is 528 g/mol. The number of hydrazine groups is 1. The van der Waals surface area contributed by atoms with Gasteiger partial charge in [-0.05, 0) is 81.6 Å². The van der Waals surface area contributed by atoms with Gasteiger partial charge in [-0.25, -0.2) is 10.8 Å². The minimum absolute atomic E-state index is 0.0106. The van der Waals surface area contributed by atoms with Crippen molar-refractivity contribution >= 4 is 51.2 Å². The van der Waals surface area contributed by atoms with Crippen LogP contribution in [-0.2, 0) is 17.6 Å². The minimum atomic E-state index is -0.112. The SMILES string of the molecule is COc1ccc(N(C(=S)NN)[C@H]2CCc3sc(NC(=O)C4CC4)c(C(=O)NCC4CC4)c3C2)c(C)n1. The number of carbonyl (C=O) groups excluding carboxylic acids is 2. The summed E-state index contributed by atoms with van der Waals surface area (Å²) < 4.78 is 5.27. The second-order valence-corrected chi connectivity index (χ2v) is 11.3. The molecule has 0 aliphatic heterocycles. The van der Waals surface area contributed by atoms with Gasteiger partial charge in [0.25, 0.3) is 5.91 Å². The lowest BCUT2D eigenvalue weighted by molar-refractivity contribution is -0.117. The van der Waals surface area contributed by atoms with Crippen LogP contribution in [0.4, 0.5) is 10.7 Å². The normalized spacial score (nSPS) is 18.7. The van der Waals surface area contributed by atoms with Crippen LogP contribution in [-0.4, -0.2) is 41.6 Å². The molecule has 36 heavy (non-hydrogen) atoms. The number of thiophene rings is 1. The Hall–Kier alpha value is -2.76. The molecule has 0 saturated heterocycles. The van der Waals surface area contributed by atoms with Gasteiger partial charge < -0.3 is 25.7 Å². The topological polar surface area (TPSA) is 122 Å². The van der Waals surface area contributed by atoms with Crippen molar-refractivity contribution < 1.29 is 14.3 Å². The Labute approximate surface area is 220 Å². The fourth-order valence-electron chi connectivity index (χ4n) is 4.76. The number of nitrogens with zero attached hydrogens (tertiary/aromatic N) is 2. The summed E-state index contributed by atoms with van der Waals surface area (Å²) in [5, 5.41) is 7.23. The average Bonchev–Trinajstić information content (AvgIpc) is 3.80. The number of hydrogen-bond donors (Lipinski definition) is 4. The molecule has 2 fully saturated rings. The molecule has 5 rings (SSSR count). The smallest absolute Gasteiger partial charge is 0.254 e. The van der Waals surface area contributed by atoms with E-state index in [9.17, 15) is 9.59 Å². The van der Waals surface area contributed by atoms with Gasteiger partial charge >= 0.3 is 0 Å². The van der Waals surface area contributed by atoms with Crippen molar-refractivity contribution in [3.8, 4) is 5.88 Å². The van der Waals surface area contributed by atoms with Crippen LogP contribution in [0.3, 0.4) is 0 Å². The molecule has 5 N–H and O–H groups in total. The number of hydrogen-bond acceptors (Lipinski definition) is 7. The Morgan fingerprint density at radius 1 is 1.25 bits per heavy atom. The number of nitrogens with one attached hydrogen (secondary N) is 3. The van der Waals surface area contributed by atoms with Gasteiger partial charge in [-0.1, -0.05) is 0 Å². The van der Waals surface area contributed by atoms with E-state index in [1.807, 2.05) is 17.9 Å². The second-order valence-electron chi connectivity index (χ2n) is 9.80. The van der Waals surface area contributed by atoms with Gasteiger partial charge in [-0.2, -0.15) is 0 Å². The summed E-state index contributed by atoms with van der Waals surface area (Å²) in [5.74, 6) is 6.83. The van der Waals surface area contributed by atoms with Crippen LogP contribution in [0.2, 0.25) is 0 Å². The van der Waals surface area contributed by atoms with Crippen LogP contribution in [0.15, 0.2) is 12.1 Å². The van der Waals surface area contributed by atoms with E-state index in [0.29, 0.717) is 40.4 Å². The molecule has 2 aromatic rings. The van der Waals surface area contributed by atoms with Gasteiger partial charge in [0.05, 0.1) is 24.1 Å². The lowest BCUT2D eigenvalue weighted by atomic mass is 9.89. The van der Waals surface area contributed by atoms with Crippen LogP contribution >= 0.6 is 23.6 Å². The molecule has 0 radical (unpaired) electrons. The number of ether oxygens (including phenoxy) is 1. The number of anilines is 2. The Morgan fingerprint density at radius 3 is 2.67 bits per heavy atom. The fraction of sp³-hybridized carbons (Fsp3) is 0.520. The highest BCUT2D eigenvalue weighted by Gasteiger charge is 2.36. The van der Waals surface area contributed by atoms with Gasteiger partial charge in [0.2, 0.25) is 11.8 Å². The third-order valence-corrected chi connectivity index (χ3v) is 8.63. The molecular weight excluding hydrogens is 496 g/mol. The molecular formula is C25H32N6O3S2. The Balaban J connectivity index is 1.47. The van der Waals surface area contributed by atoms with Crippen molar-refractivity contribution in [2.45, 2.75) is 57.9 Å². The number of methoxy groups -OCH3 is 1. The number of rotatable bonds is 8.